The number of hydrogen-bond acceptors (Lipinski definition) is 2. The summed E-state index contributed by atoms with van der Waals surface area (Å²) < 4.78 is 230. The van der Waals surface area contributed by atoms with Crippen LogP contribution in [0.5, 0.6) is 0 Å². The first-order chi connectivity index (χ1) is 13.7. The Hall–Kier alpha value is -1.05. The van der Waals surface area contributed by atoms with Crippen LogP contribution in [0, 0.1) is 0 Å². The molecule has 0 aliphatic carbocycles. The van der Waals surface area contributed by atoms with Crippen molar-refractivity contribution in [1.82, 2.24) is 0 Å². The molecule has 0 spiro atoms. The highest BCUT2D eigenvalue weighted by Gasteiger charge is 2.95. The fourth-order valence-corrected chi connectivity index (χ4v) is 3.37. The van der Waals surface area contributed by atoms with Crippen LogP contribution in [0.1, 0.15) is 0 Å². The zero-order valence-corrected chi connectivity index (χ0v) is 16.6. The Bertz CT molecular complexity index is 640. The van der Waals surface area contributed by atoms with Gasteiger partial charge in [-0.3, -0.25) is 0 Å². The van der Waals surface area contributed by atoms with E-state index in [1.807, 2.05) is 0 Å². The van der Waals surface area contributed by atoms with Crippen LogP contribution >= 0.6 is 0 Å². The van der Waals surface area contributed by atoms with Crippen molar-refractivity contribution >= 4 is 9.52 Å². The van der Waals surface area contributed by atoms with Crippen molar-refractivity contribution in [1.29, 1.82) is 0 Å². The molecule has 0 heterocycles. The van der Waals surface area contributed by atoms with E-state index in [0.717, 1.165) is 14.2 Å². The first-order valence-electron chi connectivity index (χ1n) is 7.51. The van der Waals surface area contributed by atoms with Gasteiger partial charge in [-0.2, -0.15) is 74.6 Å². The van der Waals surface area contributed by atoms with Crippen molar-refractivity contribution in [3.8, 4) is 0 Å². The van der Waals surface area contributed by atoms with E-state index >= 15 is 0 Å². The molecule has 0 aliphatic rings. The summed E-state index contributed by atoms with van der Waals surface area (Å²) >= 11 is 0. The Morgan fingerprint density at radius 1 is 0.500 bits per heavy atom. The smallest absolute Gasteiger partial charge is 0.360 e. The maximum Gasteiger partial charge on any atom is 0.460 e. The number of ether oxygens (including phenoxy) is 2. The van der Waals surface area contributed by atoms with Gasteiger partial charge < -0.3 is 9.47 Å². The van der Waals surface area contributed by atoms with Crippen molar-refractivity contribution < 1.29 is 84.1 Å². The maximum atomic E-state index is 13.6. The number of rotatable bonds is 11. The van der Waals surface area contributed by atoms with Crippen LogP contribution in [0.25, 0.3) is 0 Å². The van der Waals surface area contributed by atoms with Gasteiger partial charge in [0.05, 0.1) is 9.52 Å². The van der Waals surface area contributed by atoms with Gasteiger partial charge in [-0.25, -0.2) is 0 Å². The molecule has 0 rings (SSSR count). The monoisotopic (exact) mass is 538 g/mol. The molecule has 0 amide bonds. The third-order valence-electron chi connectivity index (χ3n) is 4.01. The van der Waals surface area contributed by atoms with Gasteiger partial charge >= 0.3 is 47.6 Å². The molecule has 0 aromatic carbocycles. The summed E-state index contributed by atoms with van der Waals surface area (Å²) in [5, 5.41) is 0. The van der Waals surface area contributed by atoms with Gasteiger partial charge in [0.25, 0.3) is 0 Å². The number of hydrogen-bond donors (Lipinski definition) is 0. The molecule has 0 aromatic rings. The minimum atomic E-state index is -8.61. The van der Waals surface area contributed by atoms with Crippen LogP contribution < -0.4 is 0 Å². The standard InChI is InChI=1S/C12H11F17O2Si/c1-30-4(31-2)32-3-5(13,14)6(15,16)7(17,18)8(19,20)9(21,22)10(23,24)11(25,26)12(27,28)29/h4H,3,32H2,1-2H3. The molecular formula is C12H11F17O2Si. The van der Waals surface area contributed by atoms with Gasteiger partial charge in [0, 0.05) is 20.3 Å². The van der Waals surface area contributed by atoms with Crippen molar-refractivity contribution in [3.05, 3.63) is 0 Å². The number of alkyl halides is 17. The van der Waals surface area contributed by atoms with E-state index in [9.17, 15) is 74.6 Å². The Morgan fingerprint density at radius 3 is 1.06 bits per heavy atom. The zero-order valence-electron chi connectivity index (χ0n) is 15.2. The molecule has 2 nitrogen and oxygen atoms in total. The summed E-state index contributed by atoms with van der Waals surface area (Å²) in [5.41, 5.74) is 0. The van der Waals surface area contributed by atoms with Crippen LogP contribution in [0.15, 0.2) is 0 Å². The molecule has 20 heteroatoms. The summed E-state index contributed by atoms with van der Waals surface area (Å²) in [6.07, 6.45) is -7.77. The van der Waals surface area contributed by atoms with Gasteiger partial charge in [0.1, 0.15) is 5.91 Å². The molecule has 0 aromatic heterocycles. The molecule has 0 radical (unpaired) electrons. The molecule has 0 bridgehead atoms. The first kappa shape index (κ1) is 30.9. The second-order valence-corrected chi connectivity index (χ2v) is 7.83. The molecule has 32 heavy (non-hydrogen) atoms. The van der Waals surface area contributed by atoms with E-state index in [-0.39, 0.29) is 0 Å². The van der Waals surface area contributed by atoms with Crippen LogP contribution in [-0.4, -0.2) is 77.3 Å². The van der Waals surface area contributed by atoms with Crippen molar-refractivity contribution in [2.75, 3.05) is 14.2 Å². The maximum absolute atomic E-state index is 13.6. The second-order valence-electron chi connectivity index (χ2n) is 6.09. The highest BCUT2D eigenvalue weighted by molar-refractivity contribution is 6.37. The molecular weight excluding hydrogens is 527 g/mol. The van der Waals surface area contributed by atoms with Crippen molar-refractivity contribution in [3.63, 3.8) is 0 Å². The van der Waals surface area contributed by atoms with E-state index in [4.69, 9.17) is 0 Å². The number of halogens is 17. The lowest BCUT2D eigenvalue weighted by Crippen LogP contribution is -2.74. The average molecular weight is 538 g/mol. The average Bonchev–Trinajstić information content (AvgIpc) is 2.60. The SMILES string of the molecule is COC(OC)[SiH2]CC(F)(F)C(F)(F)C(F)(F)C(F)(F)C(F)(F)C(F)(F)C(F)(F)C(F)(F)F. The van der Waals surface area contributed by atoms with Crippen LogP contribution in [0.3, 0.4) is 0 Å². The summed E-state index contributed by atoms with van der Waals surface area (Å²) in [4.78, 5) is 0. The van der Waals surface area contributed by atoms with Gasteiger partial charge in [-0.05, 0) is 0 Å². The summed E-state index contributed by atoms with van der Waals surface area (Å²) in [6, 6.07) is -2.46. The third-order valence-corrected chi connectivity index (χ3v) is 6.06. The predicted octanol–water partition coefficient (Wildman–Crippen LogP) is 5.16. The highest BCUT2D eigenvalue weighted by Crippen LogP contribution is 2.64. The quantitative estimate of drug-likeness (QED) is 0.206. The van der Waals surface area contributed by atoms with E-state index < -0.39 is 69.1 Å². The van der Waals surface area contributed by atoms with Crippen LogP contribution in [0.4, 0.5) is 74.6 Å². The molecule has 0 atom stereocenters. The third kappa shape index (κ3) is 4.37. The van der Waals surface area contributed by atoms with Crippen molar-refractivity contribution in [2.45, 2.75) is 59.6 Å². The van der Waals surface area contributed by atoms with Gasteiger partial charge in [0.15, 0.2) is 0 Å². The fourth-order valence-electron chi connectivity index (χ4n) is 1.98. The summed E-state index contributed by atoms with van der Waals surface area (Å²) in [6.45, 7) is 0. The number of methoxy groups -OCH3 is 2. The van der Waals surface area contributed by atoms with Crippen LogP contribution in [-0.2, 0) is 9.47 Å². The first-order valence-corrected chi connectivity index (χ1v) is 9.33. The normalized spacial score (nSPS) is 16.5. The van der Waals surface area contributed by atoms with Gasteiger partial charge in [0.2, 0.25) is 0 Å². The fraction of sp³-hybridized carbons (Fsp3) is 1.00. The van der Waals surface area contributed by atoms with E-state index in [2.05, 4.69) is 9.47 Å². The second kappa shape index (κ2) is 8.62. The lowest BCUT2D eigenvalue weighted by Gasteiger charge is -2.42. The Labute approximate surface area is 168 Å². The van der Waals surface area contributed by atoms with Crippen LogP contribution in [0.2, 0.25) is 6.04 Å². The summed E-state index contributed by atoms with van der Waals surface area (Å²) in [7, 11) is -1.47. The van der Waals surface area contributed by atoms with E-state index in [0.29, 0.717) is 0 Å². The minimum absolute atomic E-state index is 0.726. The molecule has 0 fully saturated rings. The minimum Gasteiger partial charge on any atom is -0.360 e. The van der Waals surface area contributed by atoms with Crippen molar-refractivity contribution in [2.24, 2.45) is 0 Å². The summed E-state index contributed by atoms with van der Waals surface area (Å²) in [5.74, 6) is -57.8. The van der Waals surface area contributed by atoms with Gasteiger partial charge in [-0.15, -0.1) is 0 Å². The highest BCUT2D eigenvalue weighted by atomic mass is 28.2. The zero-order chi connectivity index (χ0) is 26.4. The predicted molar refractivity (Wildman–Crippen MR) is 71.8 cm³/mol. The van der Waals surface area contributed by atoms with E-state index in [1.54, 1.807) is 0 Å². The van der Waals surface area contributed by atoms with E-state index in [1.165, 1.54) is 0 Å². The lowest BCUT2D eigenvalue weighted by atomic mass is 9.89. The Kier molecular flexibility index (Phi) is 8.34. The molecule has 194 valence electrons. The molecule has 0 N–H and O–H groups in total. The topological polar surface area (TPSA) is 18.5 Å². The molecule has 0 unspecified atom stereocenters. The van der Waals surface area contributed by atoms with Gasteiger partial charge in [-0.1, -0.05) is 0 Å². The molecule has 0 saturated carbocycles. The molecule has 0 saturated heterocycles. The Balaban J connectivity index is 6.47. The Morgan fingerprint density at radius 2 is 0.781 bits per heavy atom. The lowest BCUT2D eigenvalue weighted by molar-refractivity contribution is -0.460. The molecule has 0 aliphatic heterocycles. The largest absolute Gasteiger partial charge is 0.460 e.